The Morgan fingerprint density at radius 2 is 2.20 bits per heavy atom. The second kappa shape index (κ2) is 3.79. The van der Waals surface area contributed by atoms with Gasteiger partial charge < -0.3 is 4.74 Å². The maximum absolute atomic E-state index is 11.3. The molecule has 1 fully saturated rings. The van der Waals surface area contributed by atoms with Gasteiger partial charge in [-0.3, -0.25) is 4.90 Å². The quantitative estimate of drug-likeness (QED) is 0.684. The lowest BCUT2D eigenvalue weighted by Gasteiger charge is -2.04. The van der Waals surface area contributed by atoms with Crippen LogP contribution in [0.4, 0.5) is 4.79 Å². The second-order valence-corrected chi connectivity index (χ2v) is 3.56. The molecule has 0 radical (unpaired) electrons. The Balaban J connectivity index is 1.96. The minimum absolute atomic E-state index is 0.329. The Labute approximate surface area is 91.6 Å². The van der Waals surface area contributed by atoms with Crippen molar-refractivity contribution in [3.05, 3.63) is 29.3 Å². The Morgan fingerprint density at radius 3 is 2.73 bits per heavy atom. The first kappa shape index (κ1) is 9.81. The lowest BCUT2D eigenvalue weighted by molar-refractivity contribution is 0.184. The Hall–Kier alpha value is -1.73. The topological polar surface area (TPSA) is 53.1 Å². The Bertz CT molecular complexity index is 424. The molecule has 0 bridgehead atoms. The molecule has 0 N–H and O–H groups in total. The van der Waals surface area contributed by atoms with E-state index in [1.807, 2.05) is 6.07 Å². The third kappa shape index (κ3) is 2.20. The summed E-state index contributed by atoms with van der Waals surface area (Å²) >= 11 is 5.67. The van der Waals surface area contributed by atoms with Gasteiger partial charge in [-0.25, -0.2) is 4.79 Å². The molecule has 1 unspecified atom stereocenters. The van der Waals surface area contributed by atoms with E-state index < -0.39 is 6.09 Å². The van der Waals surface area contributed by atoms with Crippen molar-refractivity contribution in [2.24, 2.45) is 0 Å². The highest BCUT2D eigenvalue weighted by atomic mass is 35.5. The van der Waals surface area contributed by atoms with E-state index in [2.05, 4.69) is 0 Å². The standard InChI is InChI=1S/C10H7ClN2O2/c11-7-1-3-9(4-2-7)15-10(14)13-6-8(13)5-12/h1-4,8H,6H2. The summed E-state index contributed by atoms with van der Waals surface area (Å²) in [4.78, 5) is 12.7. The van der Waals surface area contributed by atoms with Crippen LogP contribution < -0.4 is 4.74 Å². The lowest BCUT2D eigenvalue weighted by atomic mass is 10.3. The van der Waals surface area contributed by atoms with Crippen molar-refractivity contribution in [2.75, 3.05) is 6.54 Å². The molecule has 4 nitrogen and oxygen atoms in total. The van der Waals surface area contributed by atoms with Crippen LogP contribution in [0, 0.1) is 11.3 Å². The molecule has 76 valence electrons. The molecule has 0 aromatic heterocycles. The maximum atomic E-state index is 11.3. The first-order chi connectivity index (χ1) is 7.20. The number of nitriles is 1. The monoisotopic (exact) mass is 222 g/mol. The minimum Gasteiger partial charge on any atom is -0.410 e. The average Bonchev–Trinajstić information content (AvgIpc) is 3.00. The van der Waals surface area contributed by atoms with Gasteiger partial charge in [-0.15, -0.1) is 0 Å². The number of carbonyl (C=O) groups is 1. The molecule has 2 rings (SSSR count). The smallest absolute Gasteiger partial charge is 0.410 e. The van der Waals surface area contributed by atoms with Crippen molar-refractivity contribution in [2.45, 2.75) is 6.04 Å². The van der Waals surface area contributed by atoms with Crippen molar-refractivity contribution in [3.8, 4) is 11.8 Å². The van der Waals surface area contributed by atoms with Crippen LogP contribution in [0.2, 0.25) is 5.02 Å². The summed E-state index contributed by atoms with van der Waals surface area (Å²) in [7, 11) is 0. The van der Waals surface area contributed by atoms with Gasteiger partial charge in [-0.05, 0) is 24.3 Å². The van der Waals surface area contributed by atoms with E-state index in [4.69, 9.17) is 21.6 Å². The summed E-state index contributed by atoms with van der Waals surface area (Å²) in [6, 6.07) is 8.11. The number of hydrogen-bond donors (Lipinski definition) is 0. The van der Waals surface area contributed by atoms with E-state index in [0.29, 0.717) is 17.3 Å². The van der Waals surface area contributed by atoms with Crippen LogP contribution in [-0.2, 0) is 0 Å². The number of nitrogens with zero attached hydrogens (tertiary/aromatic N) is 2. The van der Waals surface area contributed by atoms with E-state index in [9.17, 15) is 4.79 Å². The number of rotatable bonds is 1. The van der Waals surface area contributed by atoms with E-state index in [0.717, 1.165) is 0 Å². The number of hydrogen-bond acceptors (Lipinski definition) is 3. The molecule has 0 saturated carbocycles. The van der Waals surface area contributed by atoms with Crippen LogP contribution in [0.1, 0.15) is 0 Å². The third-order valence-corrected chi connectivity index (χ3v) is 2.27. The summed E-state index contributed by atoms with van der Waals surface area (Å²) in [6.45, 7) is 0.447. The molecule has 15 heavy (non-hydrogen) atoms. The van der Waals surface area contributed by atoms with E-state index >= 15 is 0 Å². The van der Waals surface area contributed by atoms with Crippen LogP contribution in [-0.4, -0.2) is 23.6 Å². The van der Waals surface area contributed by atoms with Crippen LogP contribution in [0.25, 0.3) is 0 Å². The highest BCUT2D eigenvalue weighted by molar-refractivity contribution is 6.30. The number of benzene rings is 1. The number of amides is 1. The number of carbonyl (C=O) groups excluding carboxylic acids is 1. The molecule has 1 aliphatic rings. The number of ether oxygens (including phenoxy) is 1. The third-order valence-electron chi connectivity index (χ3n) is 2.01. The molecule has 0 spiro atoms. The van der Waals surface area contributed by atoms with E-state index in [1.165, 1.54) is 4.90 Å². The van der Waals surface area contributed by atoms with Gasteiger partial charge in [0, 0.05) is 5.02 Å². The van der Waals surface area contributed by atoms with Crippen LogP contribution in [0.15, 0.2) is 24.3 Å². The average molecular weight is 223 g/mol. The fourth-order valence-electron chi connectivity index (χ4n) is 1.11. The zero-order valence-corrected chi connectivity index (χ0v) is 8.44. The van der Waals surface area contributed by atoms with Gasteiger partial charge in [-0.1, -0.05) is 11.6 Å². The Morgan fingerprint density at radius 1 is 1.53 bits per heavy atom. The lowest BCUT2D eigenvalue weighted by Crippen LogP contribution is -2.17. The maximum Gasteiger partial charge on any atom is 0.416 e. The highest BCUT2D eigenvalue weighted by Crippen LogP contribution is 2.21. The van der Waals surface area contributed by atoms with Gasteiger partial charge in [0.15, 0.2) is 0 Å². The first-order valence-corrected chi connectivity index (χ1v) is 4.72. The zero-order valence-electron chi connectivity index (χ0n) is 7.68. The van der Waals surface area contributed by atoms with Crippen LogP contribution >= 0.6 is 11.6 Å². The van der Waals surface area contributed by atoms with Crippen molar-refractivity contribution >= 4 is 17.7 Å². The predicted molar refractivity (Wildman–Crippen MR) is 53.6 cm³/mol. The van der Waals surface area contributed by atoms with Gasteiger partial charge in [0.05, 0.1) is 12.6 Å². The van der Waals surface area contributed by atoms with Crippen molar-refractivity contribution in [3.63, 3.8) is 0 Å². The molecule has 0 aliphatic carbocycles. The summed E-state index contributed by atoms with van der Waals surface area (Å²) < 4.78 is 5.00. The summed E-state index contributed by atoms with van der Waals surface area (Å²) in [5.74, 6) is 0.424. The van der Waals surface area contributed by atoms with Crippen molar-refractivity contribution in [1.82, 2.24) is 4.90 Å². The molecule has 1 heterocycles. The summed E-state index contributed by atoms with van der Waals surface area (Å²) in [5, 5.41) is 9.09. The summed E-state index contributed by atoms with van der Waals surface area (Å²) in [5.41, 5.74) is 0. The molecule has 1 saturated heterocycles. The molecule has 1 aliphatic heterocycles. The first-order valence-electron chi connectivity index (χ1n) is 4.34. The largest absolute Gasteiger partial charge is 0.416 e. The molecular formula is C10H7ClN2O2. The SMILES string of the molecule is N#CC1CN1C(=O)Oc1ccc(Cl)cc1. The zero-order chi connectivity index (χ0) is 10.8. The minimum atomic E-state index is -0.496. The molecule has 1 aromatic carbocycles. The molecule has 1 aromatic rings. The van der Waals surface area contributed by atoms with Gasteiger partial charge in [0.25, 0.3) is 0 Å². The van der Waals surface area contributed by atoms with Gasteiger partial charge in [0.1, 0.15) is 11.8 Å². The van der Waals surface area contributed by atoms with E-state index in [1.54, 1.807) is 24.3 Å². The fourth-order valence-corrected chi connectivity index (χ4v) is 1.24. The van der Waals surface area contributed by atoms with Crippen LogP contribution in [0.5, 0.6) is 5.75 Å². The van der Waals surface area contributed by atoms with Crippen molar-refractivity contribution < 1.29 is 9.53 Å². The summed E-state index contributed by atoms with van der Waals surface area (Å²) in [6.07, 6.45) is -0.496. The Kier molecular flexibility index (Phi) is 2.48. The van der Waals surface area contributed by atoms with Crippen LogP contribution in [0.3, 0.4) is 0 Å². The van der Waals surface area contributed by atoms with Gasteiger partial charge >= 0.3 is 6.09 Å². The molecule has 5 heteroatoms. The van der Waals surface area contributed by atoms with Crippen molar-refractivity contribution in [1.29, 1.82) is 5.26 Å². The molecular weight excluding hydrogens is 216 g/mol. The van der Waals surface area contributed by atoms with Gasteiger partial charge in [-0.2, -0.15) is 5.26 Å². The fraction of sp³-hybridized carbons (Fsp3) is 0.200. The highest BCUT2D eigenvalue weighted by Gasteiger charge is 2.40. The van der Waals surface area contributed by atoms with E-state index in [-0.39, 0.29) is 6.04 Å². The molecule has 1 atom stereocenters. The van der Waals surface area contributed by atoms with Gasteiger partial charge in [0.2, 0.25) is 0 Å². The normalized spacial score (nSPS) is 18.1. The second-order valence-electron chi connectivity index (χ2n) is 3.12. The molecule has 1 amide bonds. The predicted octanol–water partition coefficient (Wildman–Crippen LogP) is 2.05. The number of halogens is 1.